The number of phenolic OH excluding ortho intramolecular Hbond substituents is 1. The first-order valence-electron chi connectivity index (χ1n) is 22.3. The molecular formula is C50H51ClFN6O10S2+. The highest BCUT2D eigenvalue weighted by molar-refractivity contribution is 7.85. The molecule has 7 aromatic rings. The Labute approximate surface area is 413 Å². The molecule has 1 fully saturated rings. The van der Waals surface area contributed by atoms with Gasteiger partial charge in [0, 0.05) is 49.1 Å². The van der Waals surface area contributed by atoms with Crippen molar-refractivity contribution in [1.82, 2.24) is 24.8 Å². The standard InChI is InChI=1S/C50H50ClFN6O10S2/c1-31-35(14-16-41(45(31)51)66-25-21-57-19-23-58(2,24-20-57)22-8-26-70(62,63)64)43-44-48(54-30-55-49(44)69-46(43)33-13-15-37(52)38(59)27-33)68-42(50(60)61)28-32-9-4-6-11-39(32)67-29-34-17-18-53-47(56-34)36-10-5-7-12-40(36)65-3/h4-7,9-18,27,30,42H,8,19-26,28-29H2,1-3H3,(H2-,59,60,61,62,63,64)/p+1/t42-/m1/s1. The summed E-state index contributed by atoms with van der Waals surface area (Å²) in [5.41, 5.74) is 4.09. The van der Waals surface area contributed by atoms with E-state index in [1.807, 2.05) is 37.3 Å². The van der Waals surface area contributed by atoms with Gasteiger partial charge in [-0.15, -0.1) is 11.3 Å². The van der Waals surface area contributed by atoms with Gasteiger partial charge in [-0.1, -0.05) is 54.1 Å². The van der Waals surface area contributed by atoms with Crippen molar-refractivity contribution < 1.29 is 55.8 Å². The van der Waals surface area contributed by atoms with Crippen LogP contribution in [0, 0.1) is 12.7 Å². The zero-order valence-electron chi connectivity index (χ0n) is 38.5. The number of likely N-dealkylation sites (N-methyl/N-ethyl adjacent to an activating group) is 1. The van der Waals surface area contributed by atoms with Crippen LogP contribution in [0.25, 0.3) is 43.2 Å². The number of carboxylic acids is 1. The first-order chi connectivity index (χ1) is 33.6. The van der Waals surface area contributed by atoms with Gasteiger partial charge in [-0.05, 0) is 71.6 Å². The van der Waals surface area contributed by atoms with Crippen molar-refractivity contribution in [3.63, 3.8) is 0 Å². The monoisotopic (exact) mass is 1010 g/mol. The molecule has 16 nitrogen and oxygen atoms in total. The van der Waals surface area contributed by atoms with Crippen LogP contribution in [0.3, 0.4) is 0 Å². The minimum absolute atomic E-state index is 0.0185. The highest BCUT2D eigenvalue weighted by Gasteiger charge is 2.31. The van der Waals surface area contributed by atoms with Gasteiger partial charge in [-0.25, -0.2) is 29.1 Å². The second-order valence-electron chi connectivity index (χ2n) is 17.1. The van der Waals surface area contributed by atoms with E-state index in [-0.39, 0.29) is 24.7 Å². The summed E-state index contributed by atoms with van der Waals surface area (Å²) in [4.78, 5) is 34.5. The second kappa shape index (κ2) is 21.7. The predicted molar refractivity (Wildman–Crippen MR) is 264 cm³/mol. The predicted octanol–water partition coefficient (Wildman–Crippen LogP) is 8.37. The fourth-order valence-corrected chi connectivity index (χ4v) is 10.3. The number of hydrogen-bond donors (Lipinski definition) is 3. The van der Waals surface area contributed by atoms with E-state index in [1.54, 1.807) is 49.7 Å². The van der Waals surface area contributed by atoms with E-state index in [4.69, 9.17) is 35.1 Å². The molecule has 0 radical (unpaired) electrons. The number of carboxylic acid groups (broad SMARTS) is 1. The number of para-hydroxylation sites is 2. The number of piperazine rings is 1. The first kappa shape index (κ1) is 49.9. The van der Waals surface area contributed by atoms with Crippen LogP contribution in [-0.4, -0.2) is 130 Å². The molecule has 1 atom stereocenters. The summed E-state index contributed by atoms with van der Waals surface area (Å²) < 4.78 is 71.1. The Kier molecular flexibility index (Phi) is 15.4. The van der Waals surface area contributed by atoms with Crippen molar-refractivity contribution in [3.05, 3.63) is 125 Å². The Balaban J connectivity index is 1.04. The molecule has 0 bridgehead atoms. The molecule has 4 heterocycles. The van der Waals surface area contributed by atoms with E-state index in [9.17, 15) is 27.8 Å². The number of benzene rings is 4. The molecule has 0 saturated carbocycles. The molecule has 0 amide bonds. The van der Waals surface area contributed by atoms with Crippen molar-refractivity contribution >= 4 is 49.2 Å². The number of carbonyl (C=O) groups is 1. The highest BCUT2D eigenvalue weighted by Crippen LogP contribution is 2.50. The van der Waals surface area contributed by atoms with E-state index >= 15 is 0 Å². The SMILES string of the molecule is COc1ccccc1-c1nccc(COc2ccccc2C[C@@H](Oc2ncnc3sc(-c4ccc(F)c(O)c4)c(-c4ccc(OCCN5CC[N+](C)(CCCS(=O)(=O)O)CC5)c(Cl)c4C)c23)C(=O)O)n1. The van der Waals surface area contributed by atoms with Gasteiger partial charge in [-0.3, -0.25) is 9.45 Å². The summed E-state index contributed by atoms with van der Waals surface area (Å²) in [5.74, 6) is -0.926. The quantitative estimate of drug-likeness (QED) is 0.0485. The van der Waals surface area contributed by atoms with Crippen molar-refractivity contribution in [1.29, 1.82) is 0 Å². The Bertz CT molecular complexity index is 3130. The normalized spacial score (nSPS) is 14.3. The zero-order chi connectivity index (χ0) is 49.6. The van der Waals surface area contributed by atoms with Gasteiger partial charge < -0.3 is 33.6 Å². The Morgan fingerprint density at radius 3 is 2.46 bits per heavy atom. The number of thiophene rings is 1. The number of rotatable bonds is 20. The number of aromatic hydroxyl groups is 1. The molecule has 20 heteroatoms. The van der Waals surface area contributed by atoms with Crippen LogP contribution in [0.5, 0.6) is 28.9 Å². The van der Waals surface area contributed by atoms with Crippen LogP contribution < -0.4 is 18.9 Å². The lowest BCUT2D eigenvalue weighted by Gasteiger charge is -2.42. The first-order valence-corrected chi connectivity index (χ1v) is 25.2. The smallest absolute Gasteiger partial charge is 0.345 e. The van der Waals surface area contributed by atoms with Crippen LogP contribution in [0.1, 0.15) is 23.2 Å². The van der Waals surface area contributed by atoms with E-state index in [0.717, 1.165) is 37.8 Å². The summed E-state index contributed by atoms with van der Waals surface area (Å²) in [6.45, 7) is 6.73. The third-order valence-corrected chi connectivity index (χ3v) is 14.7. The van der Waals surface area contributed by atoms with Gasteiger partial charge in [0.05, 0.1) is 61.2 Å². The van der Waals surface area contributed by atoms with Crippen LogP contribution >= 0.6 is 22.9 Å². The maximum Gasteiger partial charge on any atom is 0.345 e. The highest BCUT2D eigenvalue weighted by atomic mass is 35.5. The molecule has 1 aliphatic rings. The second-order valence-corrected chi connectivity index (χ2v) is 20.1. The molecule has 4 aromatic carbocycles. The summed E-state index contributed by atoms with van der Waals surface area (Å²) in [6.07, 6.45) is 1.73. The van der Waals surface area contributed by atoms with Gasteiger partial charge in [0.1, 0.15) is 41.6 Å². The summed E-state index contributed by atoms with van der Waals surface area (Å²) >= 11 is 8.32. The van der Waals surface area contributed by atoms with Gasteiger partial charge in [0.2, 0.25) is 12.0 Å². The van der Waals surface area contributed by atoms with Crippen molar-refractivity contribution in [2.75, 3.05) is 65.8 Å². The maximum atomic E-state index is 14.4. The largest absolute Gasteiger partial charge is 0.505 e. The lowest BCUT2D eigenvalue weighted by atomic mass is 9.95. The van der Waals surface area contributed by atoms with E-state index < -0.39 is 33.8 Å². The Hall–Kier alpha value is -6.48. The number of fused-ring (bicyclic) bond motifs is 1. The molecular weight excluding hydrogens is 963 g/mol. The van der Waals surface area contributed by atoms with Gasteiger partial charge in [0.15, 0.2) is 17.4 Å². The lowest BCUT2D eigenvalue weighted by molar-refractivity contribution is -0.913. The molecule has 70 heavy (non-hydrogen) atoms. The lowest BCUT2D eigenvalue weighted by Crippen LogP contribution is -2.58. The zero-order valence-corrected chi connectivity index (χ0v) is 40.9. The molecule has 1 saturated heterocycles. The van der Waals surface area contributed by atoms with Crippen LogP contribution in [0.15, 0.2) is 97.5 Å². The summed E-state index contributed by atoms with van der Waals surface area (Å²) in [7, 11) is -0.325. The van der Waals surface area contributed by atoms with Crippen molar-refractivity contribution in [2.24, 2.45) is 0 Å². The fourth-order valence-electron chi connectivity index (χ4n) is 8.42. The molecule has 8 rings (SSSR count). The number of phenols is 1. The number of quaternary nitrogens is 1. The number of hydrogen-bond acceptors (Lipinski definition) is 14. The molecule has 0 aliphatic carbocycles. The number of aliphatic carboxylic acids is 1. The third kappa shape index (κ3) is 11.7. The van der Waals surface area contributed by atoms with Crippen LogP contribution in [0.2, 0.25) is 5.02 Å². The minimum atomic E-state index is -3.99. The number of nitrogens with zero attached hydrogens (tertiary/aromatic N) is 6. The fraction of sp³-hybridized carbons (Fsp3) is 0.300. The topological polar surface area (TPSA) is 204 Å². The molecule has 0 unspecified atom stereocenters. The van der Waals surface area contributed by atoms with E-state index in [0.29, 0.717) is 107 Å². The van der Waals surface area contributed by atoms with Crippen LogP contribution in [0.4, 0.5) is 4.39 Å². The molecule has 3 aromatic heterocycles. The summed E-state index contributed by atoms with van der Waals surface area (Å²) in [6, 6.07) is 23.8. The Morgan fingerprint density at radius 2 is 1.71 bits per heavy atom. The van der Waals surface area contributed by atoms with Crippen molar-refractivity contribution in [3.8, 4) is 61.8 Å². The average Bonchev–Trinajstić information content (AvgIpc) is 3.73. The molecule has 1 aliphatic heterocycles. The average molecular weight is 1010 g/mol. The van der Waals surface area contributed by atoms with Crippen molar-refractivity contribution in [2.45, 2.75) is 32.5 Å². The van der Waals surface area contributed by atoms with Gasteiger partial charge >= 0.3 is 5.97 Å². The number of methoxy groups -OCH3 is 1. The molecule has 3 N–H and O–H groups in total. The number of aromatic nitrogens is 4. The Morgan fingerprint density at radius 1 is 0.957 bits per heavy atom. The molecule has 366 valence electrons. The van der Waals surface area contributed by atoms with Crippen LogP contribution in [-0.2, 0) is 27.9 Å². The van der Waals surface area contributed by atoms with Gasteiger partial charge in [0.25, 0.3) is 10.1 Å². The van der Waals surface area contributed by atoms with E-state index in [1.165, 1.54) is 29.8 Å². The summed E-state index contributed by atoms with van der Waals surface area (Å²) in [5, 5.41) is 21.9. The number of ether oxygens (including phenoxy) is 4. The molecule has 0 spiro atoms. The van der Waals surface area contributed by atoms with Gasteiger partial charge in [-0.2, -0.15) is 8.42 Å². The third-order valence-electron chi connectivity index (χ3n) is 12.3. The number of halogens is 2. The van der Waals surface area contributed by atoms with E-state index in [2.05, 4.69) is 31.9 Å². The minimum Gasteiger partial charge on any atom is -0.505 e. The maximum absolute atomic E-state index is 14.4.